The first-order chi connectivity index (χ1) is 16.5. The van der Waals surface area contributed by atoms with Gasteiger partial charge in [0.1, 0.15) is 18.3 Å². The first kappa shape index (κ1) is 23.5. The second-order valence-corrected chi connectivity index (χ2v) is 9.92. The number of benzene rings is 1. The SMILES string of the molecule is C[C@@H]1C[C@@H](F)c2ncnc(N3CCN(C(=O)[C@H](CNC4CCOC4)c4ccc(Cl)cc4)CC3)c21. The van der Waals surface area contributed by atoms with Crippen LogP contribution in [-0.4, -0.2) is 72.8 Å². The molecule has 2 aliphatic heterocycles. The topological polar surface area (TPSA) is 70.6 Å². The quantitative estimate of drug-likeness (QED) is 0.673. The Morgan fingerprint density at radius 3 is 2.71 bits per heavy atom. The van der Waals surface area contributed by atoms with Gasteiger partial charge >= 0.3 is 0 Å². The van der Waals surface area contributed by atoms with Crippen molar-refractivity contribution < 1.29 is 13.9 Å². The lowest BCUT2D eigenvalue weighted by Gasteiger charge is -2.38. The number of rotatable bonds is 6. The van der Waals surface area contributed by atoms with E-state index >= 15 is 0 Å². The molecule has 0 spiro atoms. The fourth-order valence-corrected chi connectivity index (χ4v) is 5.42. The van der Waals surface area contributed by atoms with E-state index in [0.717, 1.165) is 30.0 Å². The highest BCUT2D eigenvalue weighted by Gasteiger charge is 2.36. The Bertz CT molecular complexity index is 1010. The van der Waals surface area contributed by atoms with Gasteiger partial charge in [-0.3, -0.25) is 4.79 Å². The molecule has 4 atom stereocenters. The van der Waals surface area contributed by atoms with Gasteiger partial charge in [0.25, 0.3) is 0 Å². The molecule has 3 heterocycles. The molecule has 2 fully saturated rings. The Labute approximate surface area is 204 Å². The number of nitrogens with zero attached hydrogens (tertiary/aromatic N) is 4. The summed E-state index contributed by atoms with van der Waals surface area (Å²) >= 11 is 6.09. The molecule has 5 rings (SSSR count). The zero-order valence-corrected chi connectivity index (χ0v) is 20.2. The molecule has 0 bridgehead atoms. The van der Waals surface area contributed by atoms with Crippen molar-refractivity contribution >= 4 is 23.3 Å². The van der Waals surface area contributed by atoms with Crippen LogP contribution in [0.2, 0.25) is 5.02 Å². The number of aromatic nitrogens is 2. The van der Waals surface area contributed by atoms with Crippen molar-refractivity contribution in [3.63, 3.8) is 0 Å². The molecule has 0 saturated carbocycles. The number of piperazine rings is 1. The fraction of sp³-hybridized carbons (Fsp3) is 0.560. The van der Waals surface area contributed by atoms with Crippen molar-refractivity contribution in [3.05, 3.63) is 52.4 Å². The van der Waals surface area contributed by atoms with Gasteiger partial charge in [-0.05, 0) is 36.5 Å². The average molecular weight is 488 g/mol. The lowest BCUT2D eigenvalue weighted by atomic mass is 9.96. The van der Waals surface area contributed by atoms with E-state index < -0.39 is 6.17 Å². The van der Waals surface area contributed by atoms with Crippen molar-refractivity contribution in [2.75, 3.05) is 50.8 Å². The summed E-state index contributed by atoms with van der Waals surface area (Å²) in [5, 5.41) is 4.17. The monoisotopic (exact) mass is 487 g/mol. The summed E-state index contributed by atoms with van der Waals surface area (Å²) in [6, 6.07) is 7.83. The maximum atomic E-state index is 14.4. The lowest BCUT2D eigenvalue weighted by Crippen LogP contribution is -2.51. The molecule has 0 radical (unpaired) electrons. The molecule has 34 heavy (non-hydrogen) atoms. The van der Waals surface area contributed by atoms with Crippen LogP contribution in [0.5, 0.6) is 0 Å². The molecular weight excluding hydrogens is 457 g/mol. The standard InChI is InChI=1S/C25H31ClFN5O2/c1-16-12-21(27)23-22(16)24(30-15-29-23)31-7-9-32(10-8-31)25(33)20(13-28-19-6-11-34-14-19)17-2-4-18(26)5-3-17/h2-5,15-16,19-21,28H,6-14H2,1H3/t16-,19?,20-,21-/m1/s1. The van der Waals surface area contributed by atoms with Crippen LogP contribution in [0.15, 0.2) is 30.6 Å². The summed E-state index contributed by atoms with van der Waals surface area (Å²) in [7, 11) is 0. The second-order valence-electron chi connectivity index (χ2n) is 9.49. The van der Waals surface area contributed by atoms with Gasteiger partial charge in [0.05, 0.1) is 18.2 Å². The van der Waals surface area contributed by atoms with Crippen LogP contribution < -0.4 is 10.2 Å². The molecule has 9 heteroatoms. The van der Waals surface area contributed by atoms with Crippen LogP contribution in [0.1, 0.15) is 54.6 Å². The van der Waals surface area contributed by atoms with E-state index in [2.05, 4.69) is 20.2 Å². The minimum absolute atomic E-state index is 0.0980. The van der Waals surface area contributed by atoms with E-state index in [4.69, 9.17) is 16.3 Å². The molecule has 1 unspecified atom stereocenters. The summed E-state index contributed by atoms with van der Waals surface area (Å²) in [6.07, 6.45) is 1.86. The van der Waals surface area contributed by atoms with E-state index in [1.807, 2.05) is 36.1 Å². The van der Waals surface area contributed by atoms with Crippen molar-refractivity contribution in [1.29, 1.82) is 0 Å². The minimum atomic E-state index is -1.02. The fourth-order valence-electron chi connectivity index (χ4n) is 5.30. The summed E-state index contributed by atoms with van der Waals surface area (Å²) in [6.45, 7) is 6.55. The number of ether oxygens (including phenoxy) is 1. The van der Waals surface area contributed by atoms with Gasteiger partial charge < -0.3 is 19.9 Å². The average Bonchev–Trinajstić information content (AvgIpc) is 3.48. The Morgan fingerprint density at radius 1 is 1.24 bits per heavy atom. The number of hydrogen-bond acceptors (Lipinski definition) is 6. The number of hydrogen-bond donors (Lipinski definition) is 1. The molecule has 182 valence electrons. The number of alkyl halides is 1. The third-order valence-corrected chi connectivity index (χ3v) is 7.50. The molecule has 1 aromatic heterocycles. The van der Waals surface area contributed by atoms with E-state index in [0.29, 0.717) is 56.5 Å². The smallest absolute Gasteiger partial charge is 0.231 e. The van der Waals surface area contributed by atoms with E-state index in [9.17, 15) is 9.18 Å². The van der Waals surface area contributed by atoms with E-state index in [1.165, 1.54) is 6.33 Å². The predicted octanol–water partition coefficient (Wildman–Crippen LogP) is 3.46. The van der Waals surface area contributed by atoms with Gasteiger partial charge in [-0.2, -0.15) is 0 Å². The summed E-state index contributed by atoms with van der Waals surface area (Å²) in [5.74, 6) is 0.737. The normalized spacial score (nSPS) is 25.4. The molecule has 1 aliphatic carbocycles. The van der Waals surface area contributed by atoms with Crippen LogP contribution in [0.3, 0.4) is 0 Å². The van der Waals surface area contributed by atoms with Gasteiger partial charge in [-0.1, -0.05) is 30.7 Å². The summed E-state index contributed by atoms with van der Waals surface area (Å²) < 4.78 is 19.8. The van der Waals surface area contributed by atoms with Crippen LogP contribution in [0, 0.1) is 0 Å². The maximum Gasteiger partial charge on any atom is 0.231 e. The van der Waals surface area contributed by atoms with Crippen LogP contribution in [0.25, 0.3) is 0 Å². The highest BCUT2D eigenvalue weighted by molar-refractivity contribution is 6.30. The van der Waals surface area contributed by atoms with Gasteiger partial charge in [0, 0.05) is 56.0 Å². The molecule has 2 saturated heterocycles. The summed E-state index contributed by atoms with van der Waals surface area (Å²) in [4.78, 5) is 26.5. The number of carbonyl (C=O) groups excluding carboxylic acids is 1. The molecule has 2 aromatic rings. The number of anilines is 1. The van der Waals surface area contributed by atoms with E-state index in [-0.39, 0.29) is 23.8 Å². The van der Waals surface area contributed by atoms with Crippen LogP contribution in [-0.2, 0) is 9.53 Å². The predicted molar refractivity (Wildman–Crippen MR) is 129 cm³/mol. The number of fused-ring (bicyclic) bond motifs is 1. The Morgan fingerprint density at radius 2 is 2.00 bits per heavy atom. The molecular formula is C25H31ClFN5O2. The molecule has 7 nitrogen and oxygen atoms in total. The highest BCUT2D eigenvalue weighted by atomic mass is 35.5. The maximum absolute atomic E-state index is 14.4. The third kappa shape index (κ3) is 4.76. The molecule has 1 N–H and O–H groups in total. The van der Waals surface area contributed by atoms with Gasteiger partial charge in [0.15, 0.2) is 0 Å². The number of halogens is 2. The molecule has 1 aromatic carbocycles. The third-order valence-electron chi connectivity index (χ3n) is 7.25. The van der Waals surface area contributed by atoms with E-state index in [1.54, 1.807) is 0 Å². The molecule has 3 aliphatic rings. The van der Waals surface area contributed by atoms with Crippen molar-refractivity contribution in [1.82, 2.24) is 20.2 Å². The van der Waals surface area contributed by atoms with Gasteiger partial charge in [-0.25, -0.2) is 14.4 Å². The number of amides is 1. The largest absolute Gasteiger partial charge is 0.380 e. The van der Waals surface area contributed by atoms with Gasteiger partial charge in [0.2, 0.25) is 5.91 Å². The van der Waals surface area contributed by atoms with Crippen molar-refractivity contribution in [3.8, 4) is 0 Å². The Hall–Kier alpha value is -2.29. The number of carbonyl (C=O) groups is 1. The summed E-state index contributed by atoms with van der Waals surface area (Å²) in [5.41, 5.74) is 2.41. The lowest BCUT2D eigenvalue weighted by molar-refractivity contribution is -0.133. The number of nitrogens with one attached hydrogen (secondary N) is 1. The van der Waals surface area contributed by atoms with Crippen LogP contribution >= 0.6 is 11.6 Å². The Balaban J connectivity index is 1.28. The van der Waals surface area contributed by atoms with Crippen molar-refractivity contribution in [2.24, 2.45) is 0 Å². The highest BCUT2D eigenvalue weighted by Crippen LogP contribution is 2.44. The minimum Gasteiger partial charge on any atom is -0.380 e. The van der Waals surface area contributed by atoms with Crippen LogP contribution in [0.4, 0.5) is 10.2 Å². The van der Waals surface area contributed by atoms with Crippen molar-refractivity contribution in [2.45, 2.75) is 43.8 Å². The first-order valence-corrected chi connectivity index (χ1v) is 12.5. The second kappa shape index (κ2) is 10.1. The molecule has 1 amide bonds. The van der Waals surface area contributed by atoms with Gasteiger partial charge in [-0.15, -0.1) is 0 Å². The first-order valence-electron chi connectivity index (χ1n) is 12.1. The zero-order valence-electron chi connectivity index (χ0n) is 19.4. The Kier molecular flexibility index (Phi) is 6.99. The zero-order chi connectivity index (χ0) is 23.7.